The summed E-state index contributed by atoms with van der Waals surface area (Å²) in [6.45, 7) is 0.218. The largest absolute Gasteiger partial charge is 0.497 e. The molecule has 4 aromatic rings. The molecule has 0 spiro atoms. The number of carbonyl (C=O) groups is 1. The Morgan fingerprint density at radius 1 is 1.03 bits per heavy atom. The SMILES string of the molecule is COc1cccc(Nc2ncc3c(n2)-c2ccc(C(=O)O)cc2C(c2ccccc2F)=NC3)c1. The van der Waals surface area contributed by atoms with Gasteiger partial charge < -0.3 is 15.2 Å². The molecule has 34 heavy (non-hydrogen) atoms. The molecule has 3 aromatic carbocycles. The van der Waals surface area contributed by atoms with Crippen molar-refractivity contribution < 1.29 is 19.0 Å². The van der Waals surface area contributed by atoms with Crippen LogP contribution in [0.3, 0.4) is 0 Å². The van der Waals surface area contributed by atoms with E-state index in [9.17, 15) is 14.3 Å². The Balaban J connectivity index is 1.64. The van der Waals surface area contributed by atoms with Crippen LogP contribution < -0.4 is 10.1 Å². The number of carboxylic acid groups (broad SMARTS) is 1. The molecule has 0 unspecified atom stereocenters. The summed E-state index contributed by atoms with van der Waals surface area (Å²) in [5, 5.41) is 12.7. The number of carboxylic acids is 1. The number of nitrogens with zero attached hydrogens (tertiary/aromatic N) is 3. The van der Waals surface area contributed by atoms with Gasteiger partial charge in [-0.25, -0.2) is 19.2 Å². The smallest absolute Gasteiger partial charge is 0.335 e. The Morgan fingerprint density at radius 3 is 2.68 bits per heavy atom. The molecule has 2 N–H and O–H groups in total. The van der Waals surface area contributed by atoms with E-state index in [2.05, 4.69) is 15.3 Å². The van der Waals surface area contributed by atoms with Crippen LogP contribution in [0, 0.1) is 5.82 Å². The summed E-state index contributed by atoms with van der Waals surface area (Å²) >= 11 is 0. The molecule has 0 radical (unpaired) electrons. The highest BCUT2D eigenvalue weighted by molar-refractivity contribution is 6.17. The number of methoxy groups -OCH3 is 1. The number of ether oxygens (including phenoxy) is 1. The van der Waals surface area contributed by atoms with Crippen molar-refractivity contribution in [2.45, 2.75) is 6.54 Å². The van der Waals surface area contributed by atoms with Gasteiger partial charge in [-0.05, 0) is 36.4 Å². The van der Waals surface area contributed by atoms with E-state index >= 15 is 0 Å². The summed E-state index contributed by atoms with van der Waals surface area (Å²) in [5.41, 5.74) is 3.98. The van der Waals surface area contributed by atoms with Crippen LogP contribution in [0.1, 0.15) is 27.0 Å². The molecule has 0 saturated carbocycles. The predicted molar refractivity (Wildman–Crippen MR) is 126 cm³/mol. The zero-order valence-corrected chi connectivity index (χ0v) is 18.1. The van der Waals surface area contributed by atoms with Crippen molar-refractivity contribution in [3.05, 3.63) is 101 Å². The molecule has 0 saturated heterocycles. The second-order valence-corrected chi connectivity index (χ2v) is 7.63. The van der Waals surface area contributed by atoms with Gasteiger partial charge in [-0.1, -0.05) is 24.3 Å². The summed E-state index contributed by atoms with van der Waals surface area (Å²) in [5.74, 6) is -0.475. The van der Waals surface area contributed by atoms with E-state index < -0.39 is 11.8 Å². The van der Waals surface area contributed by atoms with Crippen molar-refractivity contribution in [3.8, 4) is 17.0 Å². The van der Waals surface area contributed by atoms with Gasteiger partial charge in [0.1, 0.15) is 11.6 Å². The Bertz CT molecular complexity index is 1450. The van der Waals surface area contributed by atoms with E-state index in [1.807, 2.05) is 24.3 Å². The number of halogens is 1. The first-order valence-electron chi connectivity index (χ1n) is 10.5. The minimum atomic E-state index is -1.08. The van der Waals surface area contributed by atoms with Crippen LogP contribution in [-0.4, -0.2) is 33.9 Å². The molecule has 0 aliphatic carbocycles. The lowest BCUT2D eigenvalue weighted by molar-refractivity contribution is 0.0697. The maximum atomic E-state index is 14.7. The highest BCUT2D eigenvalue weighted by Crippen LogP contribution is 2.33. The Hall–Kier alpha value is -4.59. The van der Waals surface area contributed by atoms with Crippen molar-refractivity contribution in [1.82, 2.24) is 9.97 Å². The average molecular weight is 454 g/mol. The van der Waals surface area contributed by atoms with Crippen molar-refractivity contribution in [2.24, 2.45) is 4.99 Å². The van der Waals surface area contributed by atoms with Crippen LogP contribution in [0.25, 0.3) is 11.3 Å². The number of aromatic carboxylic acids is 1. The maximum absolute atomic E-state index is 14.7. The van der Waals surface area contributed by atoms with Crippen LogP contribution in [0.5, 0.6) is 5.75 Å². The zero-order valence-electron chi connectivity index (χ0n) is 18.1. The van der Waals surface area contributed by atoms with E-state index in [-0.39, 0.29) is 12.1 Å². The van der Waals surface area contributed by atoms with Crippen molar-refractivity contribution in [1.29, 1.82) is 0 Å². The average Bonchev–Trinajstić information content (AvgIpc) is 3.01. The topological polar surface area (TPSA) is 96.7 Å². The van der Waals surface area contributed by atoms with Gasteiger partial charge in [0.15, 0.2) is 0 Å². The fourth-order valence-electron chi connectivity index (χ4n) is 3.86. The summed E-state index contributed by atoms with van der Waals surface area (Å²) in [4.78, 5) is 25.4. The second kappa shape index (κ2) is 8.74. The van der Waals surface area contributed by atoms with Crippen LogP contribution in [0.15, 0.2) is 77.9 Å². The number of hydrogen-bond acceptors (Lipinski definition) is 6. The molecule has 8 heteroatoms. The Labute approximate surface area is 194 Å². The van der Waals surface area contributed by atoms with Crippen molar-refractivity contribution in [3.63, 3.8) is 0 Å². The summed E-state index contributed by atoms with van der Waals surface area (Å²) in [7, 11) is 1.59. The molecule has 0 bridgehead atoms. The third kappa shape index (κ3) is 3.97. The van der Waals surface area contributed by atoms with Gasteiger partial charge in [-0.2, -0.15) is 0 Å². The first kappa shape index (κ1) is 21.3. The fraction of sp³-hybridized carbons (Fsp3) is 0.0769. The van der Waals surface area contributed by atoms with Gasteiger partial charge in [0.05, 0.1) is 30.6 Å². The van der Waals surface area contributed by atoms with Gasteiger partial charge in [-0.3, -0.25) is 4.99 Å². The number of fused-ring (bicyclic) bond motifs is 3. The van der Waals surface area contributed by atoms with Crippen LogP contribution in [0.4, 0.5) is 16.0 Å². The zero-order chi connectivity index (χ0) is 23.7. The van der Waals surface area contributed by atoms with Crippen LogP contribution in [0.2, 0.25) is 0 Å². The van der Waals surface area contributed by atoms with Crippen molar-refractivity contribution >= 4 is 23.3 Å². The molecule has 168 valence electrons. The van der Waals surface area contributed by atoms with Gasteiger partial charge >= 0.3 is 5.97 Å². The van der Waals surface area contributed by atoms with Crippen LogP contribution >= 0.6 is 0 Å². The number of benzene rings is 3. The van der Waals surface area contributed by atoms with E-state index in [4.69, 9.17) is 9.72 Å². The molecule has 1 aliphatic rings. The highest BCUT2D eigenvalue weighted by Gasteiger charge is 2.24. The standard InChI is InChI=1S/C26H19FN4O3/c1-34-18-6-4-5-17(12-18)30-26-29-14-16-13-28-24(20-7-2-3-8-22(20)27)21-11-15(25(32)33)9-10-19(21)23(16)31-26/h2-12,14H,13H2,1H3,(H,32,33)(H,29,30,31). The molecule has 0 amide bonds. The number of aromatic nitrogens is 2. The summed E-state index contributed by atoms with van der Waals surface area (Å²) < 4.78 is 20.0. The minimum absolute atomic E-state index is 0.0787. The maximum Gasteiger partial charge on any atom is 0.335 e. The highest BCUT2D eigenvalue weighted by atomic mass is 19.1. The van der Waals surface area contributed by atoms with E-state index in [0.717, 1.165) is 11.3 Å². The first-order chi connectivity index (χ1) is 16.5. The lowest BCUT2D eigenvalue weighted by atomic mass is 9.93. The van der Waals surface area contributed by atoms with E-state index in [1.165, 1.54) is 18.2 Å². The van der Waals surface area contributed by atoms with Crippen LogP contribution in [-0.2, 0) is 6.54 Å². The van der Waals surface area contributed by atoms with Gasteiger partial charge in [-0.15, -0.1) is 0 Å². The summed E-state index contributed by atoms with van der Waals surface area (Å²) in [6.07, 6.45) is 1.67. The number of anilines is 2. The predicted octanol–water partition coefficient (Wildman–Crippen LogP) is 5.08. The normalized spacial score (nSPS) is 12.1. The fourth-order valence-corrected chi connectivity index (χ4v) is 3.86. The monoisotopic (exact) mass is 454 g/mol. The van der Waals surface area contributed by atoms with Gasteiger partial charge in [0, 0.05) is 40.2 Å². The molecular formula is C26H19FN4O3. The minimum Gasteiger partial charge on any atom is -0.497 e. The van der Waals surface area contributed by atoms with Crippen molar-refractivity contribution in [2.75, 3.05) is 12.4 Å². The molecule has 7 nitrogen and oxygen atoms in total. The number of rotatable bonds is 5. The van der Waals surface area contributed by atoms with Gasteiger partial charge in [0.25, 0.3) is 0 Å². The second-order valence-electron chi connectivity index (χ2n) is 7.63. The Morgan fingerprint density at radius 2 is 1.88 bits per heavy atom. The third-order valence-corrected chi connectivity index (χ3v) is 5.50. The Kier molecular flexibility index (Phi) is 5.47. The number of hydrogen-bond donors (Lipinski definition) is 2. The molecule has 0 atom stereocenters. The molecule has 5 rings (SSSR count). The molecular weight excluding hydrogens is 435 g/mol. The molecule has 2 heterocycles. The number of nitrogens with one attached hydrogen (secondary N) is 1. The first-order valence-corrected chi connectivity index (χ1v) is 10.5. The molecule has 0 fully saturated rings. The molecule has 1 aromatic heterocycles. The summed E-state index contributed by atoms with van der Waals surface area (Å²) in [6, 6.07) is 18.4. The van der Waals surface area contributed by atoms with E-state index in [1.54, 1.807) is 37.6 Å². The number of aliphatic imine (C=N–C) groups is 1. The third-order valence-electron chi connectivity index (χ3n) is 5.50. The van der Waals surface area contributed by atoms with Gasteiger partial charge in [0.2, 0.25) is 5.95 Å². The molecule has 1 aliphatic heterocycles. The lowest BCUT2D eigenvalue weighted by Gasteiger charge is -2.13. The lowest BCUT2D eigenvalue weighted by Crippen LogP contribution is -2.09. The van der Waals surface area contributed by atoms with E-state index in [0.29, 0.717) is 39.8 Å². The quantitative estimate of drug-likeness (QED) is 0.436.